The molecule has 3 aromatic rings. The van der Waals surface area contributed by atoms with Gasteiger partial charge in [0.2, 0.25) is 0 Å². The fraction of sp³-hybridized carbons (Fsp3) is 0.355. The Hall–Kier alpha value is -2.94. The number of ether oxygens (including phenoxy) is 1. The van der Waals surface area contributed by atoms with E-state index in [1.807, 2.05) is 0 Å². The highest BCUT2D eigenvalue weighted by atomic mass is 35.5. The van der Waals surface area contributed by atoms with Crippen LogP contribution in [-0.2, 0) is 20.9 Å². The molecule has 2 aliphatic rings. The van der Waals surface area contributed by atoms with Gasteiger partial charge in [0.1, 0.15) is 0 Å². The van der Waals surface area contributed by atoms with E-state index >= 15 is 0 Å². The molecule has 1 amide bonds. The van der Waals surface area contributed by atoms with Crippen LogP contribution in [-0.4, -0.2) is 45.3 Å². The summed E-state index contributed by atoms with van der Waals surface area (Å²) < 4.78 is 6.80. The molecule has 210 valence electrons. The van der Waals surface area contributed by atoms with Crippen LogP contribution < -0.4 is 0 Å². The van der Waals surface area contributed by atoms with Gasteiger partial charge in [-0.25, -0.2) is 0 Å². The highest BCUT2D eigenvalue weighted by molar-refractivity contribution is 6.30. The lowest BCUT2D eigenvalue weighted by atomic mass is 9.88. The number of fused-ring (bicyclic) bond motifs is 1. The Morgan fingerprint density at radius 3 is 2.15 bits per heavy atom. The van der Waals surface area contributed by atoms with Crippen LogP contribution >= 0.6 is 23.2 Å². The normalized spacial score (nSPS) is 20.4. The summed E-state index contributed by atoms with van der Waals surface area (Å²) in [6.45, 7) is 3.34. The summed E-state index contributed by atoms with van der Waals surface area (Å²) in [6, 6.07) is 17.8. The third-order valence-corrected chi connectivity index (χ3v) is 8.43. The molecule has 2 atom stereocenters. The Morgan fingerprint density at radius 1 is 1.02 bits per heavy atom. The van der Waals surface area contributed by atoms with Crippen molar-refractivity contribution >= 4 is 35.1 Å². The quantitative estimate of drug-likeness (QED) is 0.275. The summed E-state index contributed by atoms with van der Waals surface area (Å²) in [4.78, 5) is 28.2. The predicted molar refractivity (Wildman–Crippen MR) is 151 cm³/mol. The van der Waals surface area contributed by atoms with Gasteiger partial charge in [-0.3, -0.25) is 14.5 Å². The van der Waals surface area contributed by atoms with Crippen molar-refractivity contribution in [1.82, 2.24) is 4.90 Å². The van der Waals surface area contributed by atoms with Crippen LogP contribution in [0.25, 0.3) is 0 Å². The number of carboxylic acid groups (broad SMARTS) is 1. The Bertz CT molecular complexity index is 1430. The van der Waals surface area contributed by atoms with E-state index in [2.05, 4.69) is 0 Å². The standard InChI is InChI=1S/C31H31Cl2NO6/c1-29(2,39)21-7-12-25-24(15-21)28(38)34(26(16-27(36)37)19-3-8-22(32)9-4-19)31(25,20-5-10-23(33)11-6-20)40-18-30(17-35)13-14-30/h3-12,15,26,35,39H,13-14,16-18H2,1-2H3,(H,36,37)/t26?,31-/m1/s1. The first-order chi connectivity index (χ1) is 18.9. The van der Waals surface area contributed by atoms with E-state index in [1.165, 1.54) is 4.90 Å². The summed E-state index contributed by atoms with van der Waals surface area (Å²) >= 11 is 12.4. The maximum absolute atomic E-state index is 14.5. The molecule has 0 radical (unpaired) electrons. The summed E-state index contributed by atoms with van der Waals surface area (Å²) in [5.41, 5.74) is -0.705. The van der Waals surface area contributed by atoms with Gasteiger partial charge in [-0.15, -0.1) is 0 Å². The van der Waals surface area contributed by atoms with Gasteiger partial charge in [0.25, 0.3) is 5.91 Å². The molecule has 1 heterocycles. The average molecular weight is 584 g/mol. The van der Waals surface area contributed by atoms with Gasteiger partial charge in [0, 0.05) is 32.2 Å². The SMILES string of the molecule is CC(C)(O)c1ccc2c(c1)C(=O)N(C(CC(=O)O)c1ccc(Cl)cc1)[C@@]2(OCC1(CO)CC1)c1ccc(Cl)cc1. The summed E-state index contributed by atoms with van der Waals surface area (Å²) in [5.74, 6) is -1.54. The van der Waals surface area contributed by atoms with Gasteiger partial charge < -0.3 is 20.1 Å². The van der Waals surface area contributed by atoms with E-state index in [-0.39, 0.29) is 13.2 Å². The Kier molecular flexibility index (Phi) is 7.48. The molecule has 3 N–H and O–H groups in total. The number of hydrogen-bond acceptors (Lipinski definition) is 5. The van der Waals surface area contributed by atoms with E-state index in [0.717, 1.165) is 12.8 Å². The Labute approximate surface area is 242 Å². The summed E-state index contributed by atoms with van der Waals surface area (Å²) in [6.07, 6.45) is 1.15. The summed E-state index contributed by atoms with van der Waals surface area (Å²) in [7, 11) is 0. The lowest BCUT2D eigenvalue weighted by Gasteiger charge is -2.44. The van der Waals surface area contributed by atoms with Crippen molar-refractivity contribution in [3.63, 3.8) is 0 Å². The second-order valence-corrected chi connectivity index (χ2v) is 12.1. The number of aliphatic hydroxyl groups excluding tert-OH is 1. The minimum atomic E-state index is -1.54. The molecule has 0 bridgehead atoms. The number of aliphatic carboxylic acids is 1. The molecule has 40 heavy (non-hydrogen) atoms. The number of carboxylic acids is 1. The van der Waals surface area contributed by atoms with Crippen LogP contribution in [0.5, 0.6) is 0 Å². The van der Waals surface area contributed by atoms with E-state index in [4.69, 9.17) is 27.9 Å². The number of nitrogens with zero attached hydrogens (tertiary/aromatic N) is 1. The van der Waals surface area contributed by atoms with Crippen LogP contribution in [0, 0.1) is 5.41 Å². The van der Waals surface area contributed by atoms with Crippen LogP contribution in [0.3, 0.4) is 0 Å². The molecule has 1 aliphatic heterocycles. The molecule has 1 aliphatic carbocycles. The van der Waals surface area contributed by atoms with Crippen molar-refractivity contribution in [3.05, 3.63) is 105 Å². The highest BCUT2D eigenvalue weighted by Crippen LogP contribution is 2.54. The third-order valence-electron chi connectivity index (χ3n) is 7.93. The topological polar surface area (TPSA) is 107 Å². The first kappa shape index (κ1) is 28.6. The minimum absolute atomic E-state index is 0.0715. The van der Waals surface area contributed by atoms with Crippen LogP contribution in [0.4, 0.5) is 0 Å². The lowest BCUT2D eigenvalue weighted by Crippen LogP contribution is -2.50. The van der Waals surface area contributed by atoms with Crippen molar-refractivity contribution in [2.24, 2.45) is 5.41 Å². The largest absolute Gasteiger partial charge is 0.481 e. The van der Waals surface area contributed by atoms with Gasteiger partial charge >= 0.3 is 5.97 Å². The number of amides is 1. The summed E-state index contributed by atoms with van der Waals surface area (Å²) in [5, 5.41) is 31.8. The maximum atomic E-state index is 14.5. The highest BCUT2D eigenvalue weighted by Gasteiger charge is 2.57. The van der Waals surface area contributed by atoms with Crippen molar-refractivity contribution in [2.75, 3.05) is 13.2 Å². The number of rotatable bonds is 10. The molecule has 3 aromatic carbocycles. The number of carbonyl (C=O) groups is 2. The molecule has 0 aromatic heterocycles. The molecule has 5 rings (SSSR count). The predicted octanol–water partition coefficient (Wildman–Crippen LogP) is 5.88. The Morgan fingerprint density at radius 2 is 1.62 bits per heavy atom. The van der Waals surface area contributed by atoms with Crippen molar-refractivity contribution in [1.29, 1.82) is 0 Å². The lowest BCUT2D eigenvalue weighted by molar-refractivity contribution is -0.150. The van der Waals surface area contributed by atoms with Crippen molar-refractivity contribution < 1.29 is 29.6 Å². The molecule has 1 unspecified atom stereocenters. The molecule has 1 fully saturated rings. The average Bonchev–Trinajstić information content (AvgIpc) is 3.66. The monoisotopic (exact) mass is 583 g/mol. The Balaban J connectivity index is 1.79. The van der Waals surface area contributed by atoms with E-state index in [0.29, 0.717) is 37.9 Å². The van der Waals surface area contributed by atoms with Gasteiger partial charge in [0.15, 0.2) is 5.72 Å². The number of aliphatic hydroxyl groups is 2. The fourth-order valence-electron chi connectivity index (χ4n) is 5.35. The number of carbonyl (C=O) groups excluding carboxylic acids is 1. The molecular weight excluding hydrogens is 553 g/mol. The molecule has 0 spiro atoms. The molecule has 9 heteroatoms. The second kappa shape index (κ2) is 10.5. The maximum Gasteiger partial charge on any atom is 0.305 e. The van der Waals surface area contributed by atoms with Crippen LogP contribution in [0.15, 0.2) is 66.7 Å². The number of benzene rings is 3. The zero-order valence-corrected chi connectivity index (χ0v) is 23.7. The van der Waals surface area contributed by atoms with E-state index in [9.17, 15) is 24.9 Å². The van der Waals surface area contributed by atoms with Gasteiger partial charge in [-0.2, -0.15) is 0 Å². The van der Waals surface area contributed by atoms with Crippen LogP contribution in [0.2, 0.25) is 10.0 Å². The van der Waals surface area contributed by atoms with E-state index in [1.54, 1.807) is 80.6 Å². The minimum Gasteiger partial charge on any atom is -0.481 e. The number of halogens is 2. The third kappa shape index (κ3) is 5.13. The zero-order chi connectivity index (χ0) is 28.9. The van der Waals surface area contributed by atoms with Gasteiger partial charge in [-0.1, -0.05) is 59.6 Å². The van der Waals surface area contributed by atoms with Crippen molar-refractivity contribution in [2.45, 2.75) is 50.5 Å². The number of hydrogen-bond donors (Lipinski definition) is 3. The second-order valence-electron chi connectivity index (χ2n) is 11.3. The van der Waals surface area contributed by atoms with E-state index < -0.39 is 41.1 Å². The van der Waals surface area contributed by atoms with Crippen LogP contribution in [0.1, 0.15) is 71.8 Å². The van der Waals surface area contributed by atoms with Gasteiger partial charge in [-0.05, 0) is 68.1 Å². The molecule has 1 saturated carbocycles. The molecule has 7 nitrogen and oxygen atoms in total. The van der Waals surface area contributed by atoms with Gasteiger partial charge in [0.05, 0.1) is 31.3 Å². The first-order valence-electron chi connectivity index (χ1n) is 13.1. The molecule has 0 saturated heterocycles. The first-order valence-corrected chi connectivity index (χ1v) is 13.8. The zero-order valence-electron chi connectivity index (χ0n) is 22.2. The van der Waals surface area contributed by atoms with Crippen molar-refractivity contribution in [3.8, 4) is 0 Å². The fourth-order valence-corrected chi connectivity index (χ4v) is 5.60. The molecular formula is C31H31Cl2NO6. The smallest absolute Gasteiger partial charge is 0.305 e.